The molecule has 0 aromatic rings. The van der Waals surface area contributed by atoms with Gasteiger partial charge in [-0.2, -0.15) is 0 Å². The van der Waals surface area contributed by atoms with Crippen molar-refractivity contribution in [1.29, 1.82) is 0 Å². The van der Waals surface area contributed by atoms with Gasteiger partial charge in [-0.1, -0.05) is 50.6 Å². The Kier molecular flexibility index (Phi) is 18.3. The maximum atomic E-state index is 14.6. The van der Waals surface area contributed by atoms with Crippen molar-refractivity contribution in [2.75, 3.05) is 48.2 Å². The Labute approximate surface area is 373 Å². The molecule has 3 saturated heterocycles. The fourth-order valence-corrected chi connectivity index (χ4v) is 10.4. The van der Waals surface area contributed by atoms with E-state index < -0.39 is 89.5 Å². The summed E-state index contributed by atoms with van der Waals surface area (Å²) in [6.07, 6.45) is 7.54. The fourth-order valence-electron chi connectivity index (χ4n) is 10.4. The standard InChI is InChI=1S/C48H75NO14/c1-28-19-29(2)21-40(59-8)43-41(60-9)23-31(4)48(56,63-43)44(52)45(53)49-18-11-10-14-35(49)46(54)62-42(30(3)22-33-15-16-36(50)39(24-33)58-7)32(5)38(57-6)25-37(51)34(20-28)13-12-17-47(55)26-61-27-47/h12,17,20,22,29,31-36,38-43,50,55-56H,10-11,13-16,18-19,21,23-27H2,1-9H3/b17-12+,28-20+,30-22+/t29-,31+,32+,33-,34+,35-,36+,38-,39+,40-,41-,42+,43+,48+/m0/s1. The van der Waals surface area contributed by atoms with Gasteiger partial charge < -0.3 is 53.4 Å². The molecule has 0 aromatic heterocycles. The Morgan fingerprint density at radius 3 is 2.17 bits per heavy atom. The van der Waals surface area contributed by atoms with Crippen LogP contribution >= 0.6 is 0 Å². The second kappa shape index (κ2) is 22.6. The smallest absolute Gasteiger partial charge is 0.329 e. The SMILES string of the molecule is CO[C@H]1CC(=O)[C@H](C/C=C/C2(O)COC2)/C=C(\C)C[C@H](C)C[C@H](OC)[C@H]2O[C@@](O)(C(=O)C(=O)N3CCCC[C@H]3C(=O)O[C@H](/C(C)=C/[C@@H]3CC[C@@H](O)[C@H](OC)C3)[C@@H]1C)[C@H](C)C[C@@H]2OC. The molecule has 1 amide bonds. The number of fused-ring (bicyclic) bond motifs is 3. The van der Waals surface area contributed by atoms with Gasteiger partial charge in [0.05, 0.1) is 43.7 Å². The Morgan fingerprint density at radius 2 is 1.54 bits per heavy atom. The summed E-state index contributed by atoms with van der Waals surface area (Å²) in [5.74, 6) is -7.50. The molecule has 1 saturated carbocycles. The number of nitrogens with zero attached hydrogens (tertiary/aromatic N) is 1. The molecule has 4 aliphatic heterocycles. The highest BCUT2D eigenvalue weighted by Gasteiger charge is 2.56. The van der Waals surface area contributed by atoms with E-state index in [4.69, 9.17) is 33.2 Å². The first-order valence-electron chi connectivity index (χ1n) is 23.0. The molecule has 2 bridgehead atoms. The first-order valence-corrected chi connectivity index (χ1v) is 23.0. The number of ketones is 2. The number of hydrogen-bond donors (Lipinski definition) is 3. The number of Topliss-reactive ketones (excluding diaryl/α,β-unsaturated/α-hetero) is 2. The number of hydrogen-bond acceptors (Lipinski definition) is 14. The lowest BCUT2D eigenvalue weighted by Gasteiger charge is -2.47. The van der Waals surface area contributed by atoms with Gasteiger partial charge in [-0.05, 0) is 95.5 Å². The maximum absolute atomic E-state index is 14.6. The van der Waals surface area contributed by atoms with Crippen LogP contribution in [0.1, 0.15) is 105 Å². The van der Waals surface area contributed by atoms with Crippen molar-refractivity contribution in [2.24, 2.45) is 29.6 Å². The Hall–Kier alpha value is -2.86. The highest BCUT2D eigenvalue weighted by molar-refractivity contribution is 6.39. The first kappa shape index (κ1) is 51.1. The lowest BCUT2D eigenvalue weighted by atomic mass is 9.81. The molecule has 0 unspecified atom stereocenters. The van der Waals surface area contributed by atoms with E-state index in [1.807, 2.05) is 45.9 Å². The molecule has 0 spiro atoms. The molecular weight excluding hydrogens is 815 g/mol. The van der Waals surface area contributed by atoms with Crippen LogP contribution in [-0.2, 0) is 52.3 Å². The van der Waals surface area contributed by atoms with Crippen molar-refractivity contribution in [3.05, 3.63) is 35.5 Å². The Morgan fingerprint density at radius 1 is 0.873 bits per heavy atom. The molecule has 4 heterocycles. The van der Waals surface area contributed by atoms with Crippen LogP contribution in [0.3, 0.4) is 0 Å². The van der Waals surface area contributed by atoms with E-state index in [-0.39, 0.29) is 62.7 Å². The van der Waals surface area contributed by atoms with Crippen LogP contribution in [0.15, 0.2) is 35.5 Å². The number of carbonyl (C=O) groups excluding carboxylic acids is 4. The number of aliphatic hydroxyl groups excluding tert-OH is 1. The number of ether oxygens (including phenoxy) is 7. The first-order chi connectivity index (χ1) is 29.9. The second-order valence-electron chi connectivity index (χ2n) is 19.2. The summed E-state index contributed by atoms with van der Waals surface area (Å²) in [7, 11) is 6.16. The molecule has 0 radical (unpaired) electrons. The number of esters is 1. The predicted octanol–water partition coefficient (Wildman–Crippen LogP) is 4.42. The number of cyclic esters (lactones) is 1. The van der Waals surface area contributed by atoms with Crippen molar-refractivity contribution in [1.82, 2.24) is 4.90 Å². The predicted molar refractivity (Wildman–Crippen MR) is 232 cm³/mol. The average Bonchev–Trinajstić information content (AvgIpc) is 3.25. The van der Waals surface area contributed by atoms with Crippen molar-refractivity contribution in [3.63, 3.8) is 0 Å². The van der Waals surface area contributed by atoms with Crippen LogP contribution in [-0.4, -0.2) is 152 Å². The summed E-state index contributed by atoms with van der Waals surface area (Å²) in [5, 5.41) is 33.4. The largest absolute Gasteiger partial charge is 0.456 e. The molecule has 15 nitrogen and oxygen atoms in total. The van der Waals surface area contributed by atoms with E-state index in [0.29, 0.717) is 51.4 Å². The van der Waals surface area contributed by atoms with E-state index in [9.17, 15) is 34.5 Å². The van der Waals surface area contributed by atoms with Gasteiger partial charge in [-0.25, -0.2) is 4.79 Å². The Balaban J connectivity index is 1.57. The van der Waals surface area contributed by atoms with Crippen LogP contribution in [0.5, 0.6) is 0 Å². The average molecular weight is 890 g/mol. The number of allylic oxidation sites excluding steroid dienone is 4. The van der Waals surface area contributed by atoms with Crippen LogP contribution in [0, 0.1) is 29.6 Å². The lowest BCUT2D eigenvalue weighted by Crippen LogP contribution is -2.64. The number of amides is 1. The number of rotatable bonds is 9. The van der Waals surface area contributed by atoms with E-state index in [0.717, 1.165) is 11.1 Å². The van der Waals surface area contributed by atoms with Crippen molar-refractivity contribution < 1.29 is 67.7 Å². The molecule has 5 rings (SSSR count). The van der Waals surface area contributed by atoms with Gasteiger partial charge in [0.25, 0.3) is 11.7 Å². The van der Waals surface area contributed by atoms with Crippen molar-refractivity contribution >= 4 is 23.4 Å². The summed E-state index contributed by atoms with van der Waals surface area (Å²) in [5.41, 5.74) is 0.599. The van der Waals surface area contributed by atoms with E-state index in [1.165, 1.54) is 26.2 Å². The third kappa shape index (κ3) is 12.3. The third-order valence-corrected chi connectivity index (χ3v) is 14.2. The highest BCUT2D eigenvalue weighted by atomic mass is 16.7. The molecular formula is C48H75NO14. The number of methoxy groups -OCH3 is 4. The van der Waals surface area contributed by atoms with Crippen LogP contribution in [0.2, 0.25) is 0 Å². The summed E-state index contributed by atoms with van der Waals surface area (Å²) in [4.78, 5) is 59.0. The molecule has 14 atom stereocenters. The minimum atomic E-state index is -2.52. The highest BCUT2D eigenvalue weighted by Crippen LogP contribution is 2.39. The molecule has 15 heteroatoms. The number of carbonyl (C=O) groups is 4. The zero-order valence-electron chi connectivity index (χ0n) is 39.0. The fraction of sp³-hybridized carbons (Fsp3) is 0.792. The molecule has 5 aliphatic rings. The maximum Gasteiger partial charge on any atom is 0.329 e. The quantitative estimate of drug-likeness (QED) is 0.167. The normalized spacial score (nSPS) is 40.3. The summed E-state index contributed by atoms with van der Waals surface area (Å²) >= 11 is 0. The minimum absolute atomic E-state index is 0.00224. The number of piperidine rings is 1. The van der Waals surface area contributed by atoms with Gasteiger partial charge in [0.15, 0.2) is 0 Å². The number of aliphatic hydroxyl groups is 3. The van der Waals surface area contributed by atoms with Gasteiger partial charge in [-0.3, -0.25) is 14.4 Å². The molecule has 3 N–H and O–H groups in total. The molecule has 1 aliphatic carbocycles. The second-order valence-corrected chi connectivity index (χ2v) is 19.2. The third-order valence-electron chi connectivity index (χ3n) is 14.2. The summed E-state index contributed by atoms with van der Waals surface area (Å²) in [6, 6.07) is -1.13. The summed E-state index contributed by atoms with van der Waals surface area (Å²) < 4.78 is 41.4. The monoisotopic (exact) mass is 890 g/mol. The lowest BCUT2D eigenvalue weighted by molar-refractivity contribution is -0.302. The molecule has 356 valence electrons. The molecule has 4 fully saturated rings. The summed E-state index contributed by atoms with van der Waals surface area (Å²) in [6.45, 7) is 9.86. The van der Waals surface area contributed by atoms with E-state index in [1.54, 1.807) is 20.1 Å². The van der Waals surface area contributed by atoms with Crippen LogP contribution < -0.4 is 0 Å². The van der Waals surface area contributed by atoms with E-state index >= 15 is 0 Å². The van der Waals surface area contributed by atoms with Gasteiger partial charge in [0.2, 0.25) is 5.79 Å². The van der Waals surface area contributed by atoms with Gasteiger partial charge in [-0.15, -0.1) is 0 Å². The van der Waals surface area contributed by atoms with E-state index in [2.05, 4.69) is 0 Å². The zero-order valence-corrected chi connectivity index (χ0v) is 39.0. The van der Waals surface area contributed by atoms with Crippen LogP contribution in [0.4, 0.5) is 0 Å². The Bertz CT molecular complexity index is 1670. The van der Waals surface area contributed by atoms with Gasteiger partial charge >= 0.3 is 5.97 Å². The van der Waals surface area contributed by atoms with Gasteiger partial charge in [0.1, 0.15) is 29.6 Å². The van der Waals surface area contributed by atoms with Crippen molar-refractivity contribution in [3.8, 4) is 0 Å². The molecule has 63 heavy (non-hydrogen) atoms. The minimum Gasteiger partial charge on any atom is -0.456 e. The topological polar surface area (TPSA) is 197 Å². The zero-order chi connectivity index (χ0) is 46.2. The van der Waals surface area contributed by atoms with Crippen molar-refractivity contribution in [2.45, 2.75) is 165 Å². The van der Waals surface area contributed by atoms with Crippen LogP contribution in [0.25, 0.3) is 0 Å². The molecule has 0 aromatic carbocycles. The van der Waals surface area contributed by atoms with Gasteiger partial charge in [0, 0.05) is 59.2 Å².